The predicted octanol–water partition coefficient (Wildman–Crippen LogP) is 2.48. The lowest BCUT2D eigenvalue weighted by Crippen LogP contribution is -2.35. The van der Waals surface area contributed by atoms with Crippen LogP contribution in [0, 0.1) is 0 Å². The van der Waals surface area contributed by atoms with Gasteiger partial charge in [-0.2, -0.15) is 0 Å². The fraction of sp³-hybridized carbons (Fsp3) is 0.467. The zero-order valence-electron chi connectivity index (χ0n) is 12.6. The lowest BCUT2D eigenvalue weighted by Gasteiger charge is -2.25. The highest BCUT2D eigenvalue weighted by atomic mass is 16.6. The molecule has 0 aliphatic carbocycles. The average Bonchev–Trinajstić information content (AvgIpc) is 2.81. The number of carbonyl (C=O) groups excluding carboxylic acids is 2. The fourth-order valence-corrected chi connectivity index (χ4v) is 2.24. The van der Waals surface area contributed by atoms with Crippen molar-refractivity contribution in [3.05, 3.63) is 23.3 Å². The monoisotopic (exact) mass is 293 g/mol. The highest BCUT2D eigenvalue weighted by Crippen LogP contribution is 2.40. The molecule has 1 amide bonds. The van der Waals surface area contributed by atoms with E-state index < -0.39 is 17.7 Å². The molecule has 0 saturated heterocycles. The van der Waals surface area contributed by atoms with E-state index in [1.165, 1.54) is 18.1 Å². The Balaban J connectivity index is 2.38. The molecule has 1 aromatic rings. The number of amides is 1. The summed E-state index contributed by atoms with van der Waals surface area (Å²) in [6.45, 7) is 5.72. The molecule has 0 spiro atoms. The number of esters is 1. The summed E-state index contributed by atoms with van der Waals surface area (Å²) in [7, 11) is 1.24. The molecule has 1 aromatic carbocycles. The molecular weight excluding hydrogens is 274 g/mol. The Kier molecular flexibility index (Phi) is 3.80. The van der Waals surface area contributed by atoms with Crippen molar-refractivity contribution < 1.29 is 24.2 Å². The first-order chi connectivity index (χ1) is 9.74. The van der Waals surface area contributed by atoms with Crippen molar-refractivity contribution in [1.29, 1.82) is 0 Å². The Hall–Kier alpha value is -2.24. The summed E-state index contributed by atoms with van der Waals surface area (Å²) in [6.07, 6.45) is 0.0578. The van der Waals surface area contributed by atoms with Crippen LogP contribution in [-0.4, -0.2) is 36.4 Å². The van der Waals surface area contributed by atoms with E-state index in [1.54, 1.807) is 26.8 Å². The van der Waals surface area contributed by atoms with Gasteiger partial charge in [-0.25, -0.2) is 9.59 Å². The number of nitrogens with zero attached hydrogens (tertiary/aromatic N) is 1. The van der Waals surface area contributed by atoms with Crippen LogP contribution in [0.4, 0.5) is 10.5 Å². The van der Waals surface area contributed by atoms with Crippen molar-refractivity contribution in [2.24, 2.45) is 0 Å². The lowest BCUT2D eigenvalue weighted by atomic mass is 10.1. The first-order valence-electron chi connectivity index (χ1n) is 6.68. The maximum absolute atomic E-state index is 12.2. The number of aromatic hydroxyl groups is 1. The van der Waals surface area contributed by atoms with Crippen LogP contribution in [0.25, 0.3) is 0 Å². The van der Waals surface area contributed by atoms with Gasteiger partial charge in [-0.05, 0) is 38.8 Å². The number of hydrogen-bond acceptors (Lipinski definition) is 5. The van der Waals surface area contributed by atoms with E-state index in [9.17, 15) is 14.7 Å². The normalized spacial score (nSPS) is 13.8. The molecule has 0 bridgehead atoms. The van der Waals surface area contributed by atoms with Crippen LogP contribution >= 0.6 is 0 Å². The third kappa shape index (κ3) is 2.94. The second-order valence-electron chi connectivity index (χ2n) is 5.84. The molecule has 1 aliphatic rings. The van der Waals surface area contributed by atoms with Crippen molar-refractivity contribution >= 4 is 17.7 Å². The van der Waals surface area contributed by atoms with Crippen molar-refractivity contribution in [2.75, 3.05) is 18.6 Å². The van der Waals surface area contributed by atoms with Crippen LogP contribution in [-0.2, 0) is 15.9 Å². The van der Waals surface area contributed by atoms with Crippen molar-refractivity contribution in [1.82, 2.24) is 0 Å². The van der Waals surface area contributed by atoms with Gasteiger partial charge in [0, 0.05) is 6.54 Å². The summed E-state index contributed by atoms with van der Waals surface area (Å²) >= 11 is 0. The molecule has 0 saturated carbocycles. The number of phenols is 1. The summed E-state index contributed by atoms with van der Waals surface area (Å²) < 4.78 is 9.94. The zero-order chi connectivity index (χ0) is 15.8. The number of hydrogen-bond donors (Lipinski definition) is 1. The van der Waals surface area contributed by atoms with E-state index in [2.05, 4.69) is 4.74 Å². The van der Waals surface area contributed by atoms with Gasteiger partial charge in [0.05, 0.1) is 12.8 Å². The molecule has 0 atom stereocenters. The largest absolute Gasteiger partial charge is 0.505 e. The van der Waals surface area contributed by atoms with Gasteiger partial charge in [-0.1, -0.05) is 6.07 Å². The number of carbonyl (C=O) groups is 2. The number of fused-ring (bicyclic) bond motifs is 1. The molecule has 1 N–H and O–H groups in total. The molecule has 1 heterocycles. The molecule has 1 aliphatic heterocycles. The molecule has 6 nitrogen and oxygen atoms in total. The number of phenolic OH excluding ortho intramolecular Hbond substituents is 1. The maximum atomic E-state index is 12.2. The minimum atomic E-state index is -0.647. The molecule has 114 valence electrons. The summed E-state index contributed by atoms with van der Waals surface area (Å²) in [6, 6.07) is 3.21. The summed E-state index contributed by atoms with van der Waals surface area (Å²) in [5.74, 6) is -0.894. The minimum absolute atomic E-state index is 0.0340. The van der Waals surface area contributed by atoms with Crippen LogP contribution in [0.5, 0.6) is 5.75 Å². The van der Waals surface area contributed by atoms with Gasteiger partial charge in [-0.15, -0.1) is 0 Å². The van der Waals surface area contributed by atoms with Crippen LogP contribution < -0.4 is 4.90 Å². The molecular formula is C15H19NO5. The van der Waals surface area contributed by atoms with Gasteiger partial charge in [0.1, 0.15) is 11.2 Å². The van der Waals surface area contributed by atoms with E-state index in [1.807, 2.05) is 0 Å². The molecule has 6 heteroatoms. The predicted molar refractivity (Wildman–Crippen MR) is 76.7 cm³/mol. The maximum Gasteiger partial charge on any atom is 0.414 e. The first kappa shape index (κ1) is 15.2. The average molecular weight is 293 g/mol. The van der Waals surface area contributed by atoms with Crippen molar-refractivity contribution in [3.8, 4) is 5.75 Å². The van der Waals surface area contributed by atoms with Crippen molar-refractivity contribution in [2.45, 2.75) is 32.8 Å². The minimum Gasteiger partial charge on any atom is -0.505 e. The molecule has 2 rings (SSSR count). The third-order valence-electron chi connectivity index (χ3n) is 3.13. The van der Waals surface area contributed by atoms with E-state index >= 15 is 0 Å². The fourth-order valence-electron chi connectivity index (χ4n) is 2.24. The Morgan fingerprint density at radius 2 is 1.95 bits per heavy atom. The van der Waals surface area contributed by atoms with E-state index in [4.69, 9.17) is 4.74 Å². The van der Waals surface area contributed by atoms with Gasteiger partial charge in [0.2, 0.25) is 0 Å². The van der Waals surface area contributed by atoms with Gasteiger partial charge in [0.15, 0.2) is 5.75 Å². The number of rotatable bonds is 1. The highest BCUT2D eigenvalue weighted by molar-refractivity contribution is 5.99. The number of methoxy groups -OCH3 is 1. The summed E-state index contributed by atoms with van der Waals surface area (Å²) in [4.78, 5) is 25.2. The Bertz CT molecular complexity index is 588. The Morgan fingerprint density at radius 3 is 2.52 bits per heavy atom. The summed E-state index contributed by atoms with van der Waals surface area (Å²) in [5, 5.41) is 10.3. The number of anilines is 1. The molecule has 0 radical (unpaired) electrons. The second kappa shape index (κ2) is 5.27. The standard InChI is InChI=1S/C15H19NO5/c1-15(2,3)21-14(19)16-8-7-9-5-6-10(13(18)20-4)12(17)11(9)16/h5-6,17H,7-8H2,1-4H3. The smallest absolute Gasteiger partial charge is 0.414 e. The third-order valence-corrected chi connectivity index (χ3v) is 3.13. The van der Waals surface area contributed by atoms with E-state index in [-0.39, 0.29) is 11.3 Å². The zero-order valence-corrected chi connectivity index (χ0v) is 12.6. The van der Waals surface area contributed by atoms with Crippen LogP contribution in [0.3, 0.4) is 0 Å². The first-order valence-corrected chi connectivity index (χ1v) is 6.68. The molecule has 0 aromatic heterocycles. The van der Waals surface area contributed by atoms with Gasteiger partial charge in [0.25, 0.3) is 0 Å². The lowest BCUT2D eigenvalue weighted by molar-refractivity contribution is 0.0573. The van der Waals surface area contributed by atoms with Crippen molar-refractivity contribution in [3.63, 3.8) is 0 Å². The van der Waals surface area contributed by atoms with Gasteiger partial charge in [-0.3, -0.25) is 4.90 Å². The van der Waals surface area contributed by atoms with E-state index in [0.717, 1.165) is 5.56 Å². The Morgan fingerprint density at radius 1 is 1.29 bits per heavy atom. The topological polar surface area (TPSA) is 76.1 Å². The van der Waals surface area contributed by atoms with E-state index in [0.29, 0.717) is 18.7 Å². The van der Waals surface area contributed by atoms with Crippen LogP contribution in [0.1, 0.15) is 36.7 Å². The molecule has 0 unspecified atom stereocenters. The molecule has 0 fully saturated rings. The number of ether oxygens (including phenoxy) is 2. The van der Waals surface area contributed by atoms with Crippen LogP contribution in [0.2, 0.25) is 0 Å². The quantitative estimate of drug-likeness (QED) is 0.805. The van der Waals surface area contributed by atoms with Gasteiger partial charge < -0.3 is 14.6 Å². The van der Waals surface area contributed by atoms with Gasteiger partial charge >= 0.3 is 12.1 Å². The number of benzene rings is 1. The summed E-state index contributed by atoms with van der Waals surface area (Å²) in [5.41, 5.74) is 0.528. The van der Waals surface area contributed by atoms with Crippen LogP contribution in [0.15, 0.2) is 12.1 Å². The SMILES string of the molecule is COC(=O)c1ccc2c(c1O)N(C(=O)OC(C)(C)C)CC2. The molecule has 21 heavy (non-hydrogen) atoms. The Labute approximate surface area is 123 Å². The highest BCUT2D eigenvalue weighted by Gasteiger charge is 2.33. The second-order valence-corrected chi connectivity index (χ2v) is 5.84.